The first-order valence-electron chi connectivity index (χ1n) is 7.83. The third-order valence-corrected chi connectivity index (χ3v) is 3.65. The summed E-state index contributed by atoms with van der Waals surface area (Å²) in [5.41, 5.74) is 3.61. The summed E-state index contributed by atoms with van der Waals surface area (Å²) in [6.45, 7) is 0. The molecule has 3 N–H and O–H groups in total. The Bertz CT molecular complexity index is 1010. The van der Waals surface area contributed by atoms with Crippen molar-refractivity contribution in [3.63, 3.8) is 0 Å². The molecule has 0 saturated carbocycles. The lowest BCUT2D eigenvalue weighted by Gasteiger charge is -2.04. The molecule has 0 fully saturated rings. The third-order valence-electron chi connectivity index (χ3n) is 3.65. The van der Waals surface area contributed by atoms with Gasteiger partial charge >= 0.3 is 6.09 Å². The van der Waals surface area contributed by atoms with E-state index in [-0.39, 0.29) is 0 Å². The summed E-state index contributed by atoms with van der Waals surface area (Å²) in [6, 6.07) is 14.5. The number of nitrogens with one attached hydrogen (secondary N) is 3. The lowest BCUT2D eigenvalue weighted by Crippen LogP contribution is -2.16. The summed E-state index contributed by atoms with van der Waals surface area (Å²) >= 11 is 0. The molecule has 1 amide bonds. The predicted octanol–water partition coefficient (Wildman–Crippen LogP) is 3.47. The van der Waals surface area contributed by atoms with Crippen LogP contribution in [0.5, 0.6) is 5.88 Å². The van der Waals surface area contributed by atoms with E-state index in [1.54, 1.807) is 36.8 Å². The minimum absolute atomic E-state index is 0.303. The number of hydrogen-bond donors (Lipinski definition) is 3. The Morgan fingerprint density at radius 1 is 0.962 bits per heavy atom. The van der Waals surface area contributed by atoms with Crippen molar-refractivity contribution in [2.75, 3.05) is 5.32 Å². The van der Waals surface area contributed by atoms with Gasteiger partial charge in [-0.15, -0.1) is 0 Å². The fourth-order valence-corrected chi connectivity index (χ4v) is 2.48. The Labute approximate surface area is 148 Å². The van der Waals surface area contributed by atoms with Crippen molar-refractivity contribution in [2.45, 2.75) is 0 Å². The number of ether oxygens (including phenoxy) is 1. The van der Waals surface area contributed by atoms with Crippen molar-refractivity contribution in [1.29, 1.82) is 0 Å². The van der Waals surface area contributed by atoms with Crippen LogP contribution in [0.3, 0.4) is 0 Å². The number of hydrogen-bond acceptors (Lipinski definition) is 5. The number of anilines is 1. The molecule has 26 heavy (non-hydrogen) atoms. The zero-order chi connectivity index (χ0) is 17.8. The maximum absolute atomic E-state index is 12.0. The minimum Gasteiger partial charge on any atom is -0.393 e. The van der Waals surface area contributed by atoms with E-state index in [1.165, 1.54) is 0 Å². The molecule has 0 aliphatic rings. The van der Waals surface area contributed by atoms with E-state index in [9.17, 15) is 4.79 Å². The summed E-state index contributed by atoms with van der Waals surface area (Å²) in [4.78, 5) is 18.9. The summed E-state index contributed by atoms with van der Waals surface area (Å²) in [6.07, 6.45) is 4.49. The lowest BCUT2D eigenvalue weighted by atomic mass is 10.1. The largest absolute Gasteiger partial charge is 0.418 e. The first-order valence-corrected chi connectivity index (χ1v) is 7.83. The number of rotatable bonds is 4. The molecule has 4 rings (SSSR count). The third kappa shape index (κ3) is 3.29. The second-order valence-electron chi connectivity index (χ2n) is 5.39. The van der Waals surface area contributed by atoms with Gasteiger partial charge in [-0.1, -0.05) is 18.2 Å². The van der Waals surface area contributed by atoms with Crippen molar-refractivity contribution in [3.8, 4) is 28.4 Å². The van der Waals surface area contributed by atoms with E-state index in [4.69, 9.17) is 4.74 Å². The number of carbonyl (C=O) groups is 1. The minimum atomic E-state index is -0.584. The van der Waals surface area contributed by atoms with Crippen molar-refractivity contribution >= 4 is 11.8 Å². The summed E-state index contributed by atoms with van der Waals surface area (Å²) in [5, 5.41) is 13.7. The van der Waals surface area contributed by atoms with Crippen molar-refractivity contribution in [3.05, 3.63) is 67.1 Å². The molecular weight excluding hydrogens is 332 g/mol. The first kappa shape index (κ1) is 15.6. The highest BCUT2D eigenvalue weighted by Crippen LogP contribution is 2.29. The van der Waals surface area contributed by atoms with Gasteiger partial charge < -0.3 is 9.72 Å². The number of nitrogens with zero attached hydrogens (tertiary/aromatic N) is 3. The van der Waals surface area contributed by atoms with E-state index < -0.39 is 6.09 Å². The van der Waals surface area contributed by atoms with Gasteiger partial charge in [0.2, 0.25) is 5.88 Å². The number of aromatic amines is 2. The number of para-hydroxylation sites is 1. The molecular formula is C18H14N6O2. The van der Waals surface area contributed by atoms with Crippen LogP contribution >= 0.6 is 0 Å². The maximum atomic E-state index is 12.0. The Morgan fingerprint density at radius 2 is 1.69 bits per heavy atom. The normalized spacial score (nSPS) is 10.5. The molecule has 0 spiro atoms. The number of benzene rings is 1. The highest BCUT2D eigenvalue weighted by atomic mass is 16.6. The molecule has 0 saturated heterocycles. The summed E-state index contributed by atoms with van der Waals surface area (Å²) < 4.78 is 5.27. The zero-order valence-corrected chi connectivity index (χ0v) is 13.5. The van der Waals surface area contributed by atoms with Gasteiger partial charge in [0.1, 0.15) is 11.4 Å². The molecule has 4 aromatic rings. The fraction of sp³-hybridized carbons (Fsp3) is 0. The van der Waals surface area contributed by atoms with Crippen LogP contribution in [0.2, 0.25) is 0 Å². The van der Waals surface area contributed by atoms with Crippen LogP contribution in [0.1, 0.15) is 0 Å². The molecule has 0 aliphatic heterocycles. The average Bonchev–Trinajstić information content (AvgIpc) is 3.32. The van der Waals surface area contributed by atoms with Crippen LogP contribution in [0.25, 0.3) is 22.5 Å². The van der Waals surface area contributed by atoms with Crippen LogP contribution in [0.15, 0.2) is 67.1 Å². The maximum Gasteiger partial charge on any atom is 0.418 e. The van der Waals surface area contributed by atoms with Crippen molar-refractivity contribution < 1.29 is 9.53 Å². The average molecular weight is 346 g/mol. The SMILES string of the molecule is O=C(Nc1ccccc1)Oc1cc(-c2n[nH]nc2-c2ccncc2)c[nH]1. The summed E-state index contributed by atoms with van der Waals surface area (Å²) in [5.74, 6) is 0.303. The molecule has 0 atom stereocenters. The van der Waals surface area contributed by atoms with Gasteiger partial charge in [0.05, 0.1) is 0 Å². The fourth-order valence-electron chi connectivity index (χ4n) is 2.48. The Kier molecular flexibility index (Phi) is 4.13. The number of aromatic nitrogens is 5. The topological polar surface area (TPSA) is 109 Å². The Morgan fingerprint density at radius 3 is 2.46 bits per heavy atom. The van der Waals surface area contributed by atoms with E-state index in [0.717, 1.165) is 11.1 Å². The summed E-state index contributed by atoms with van der Waals surface area (Å²) in [7, 11) is 0. The molecule has 8 heteroatoms. The van der Waals surface area contributed by atoms with Gasteiger partial charge in [-0.25, -0.2) is 4.79 Å². The van der Waals surface area contributed by atoms with Gasteiger partial charge in [-0.2, -0.15) is 15.4 Å². The first-order chi connectivity index (χ1) is 12.8. The smallest absolute Gasteiger partial charge is 0.393 e. The van der Waals surface area contributed by atoms with Gasteiger partial charge in [-0.3, -0.25) is 10.3 Å². The van der Waals surface area contributed by atoms with Crippen LogP contribution in [-0.2, 0) is 0 Å². The van der Waals surface area contributed by atoms with E-state index in [1.807, 2.05) is 30.3 Å². The highest BCUT2D eigenvalue weighted by Gasteiger charge is 2.15. The van der Waals surface area contributed by atoms with E-state index in [0.29, 0.717) is 23.0 Å². The Balaban J connectivity index is 1.51. The van der Waals surface area contributed by atoms with Crippen LogP contribution in [0, 0.1) is 0 Å². The van der Waals surface area contributed by atoms with Crippen LogP contribution in [0.4, 0.5) is 10.5 Å². The van der Waals surface area contributed by atoms with Crippen LogP contribution in [-0.4, -0.2) is 31.5 Å². The number of carbonyl (C=O) groups excluding carboxylic acids is 1. The highest BCUT2D eigenvalue weighted by molar-refractivity contribution is 5.86. The number of pyridine rings is 1. The molecule has 3 heterocycles. The van der Waals surface area contributed by atoms with Gasteiger partial charge in [-0.05, 0) is 24.3 Å². The van der Waals surface area contributed by atoms with Crippen molar-refractivity contribution in [2.24, 2.45) is 0 Å². The lowest BCUT2D eigenvalue weighted by molar-refractivity contribution is 0.213. The van der Waals surface area contributed by atoms with E-state index >= 15 is 0 Å². The standard InChI is InChI=1S/C18H14N6O2/c25-18(21-14-4-2-1-3-5-14)26-15-10-13(11-20-15)17-16(22-24-23-17)12-6-8-19-9-7-12/h1-11,20H,(H,21,25)(H,22,23,24). The molecule has 128 valence electrons. The molecule has 0 radical (unpaired) electrons. The quantitative estimate of drug-likeness (QED) is 0.524. The van der Waals surface area contributed by atoms with E-state index in [2.05, 4.69) is 30.7 Å². The molecule has 0 bridgehead atoms. The number of H-pyrrole nitrogens is 2. The van der Waals surface area contributed by atoms with Gasteiger partial charge in [0.15, 0.2) is 0 Å². The second kappa shape index (κ2) is 6.89. The Hall–Kier alpha value is -3.94. The number of amides is 1. The predicted molar refractivity (Wildman–Crippen MR) is 95.5 cm³/mol. The van der Waals surface area contributed by atoms with Gasteiger partial charge in [0.25, 0.3) is 0 Å². The molecule has 8 nitrogen and oxygen atoms in total. The second-order valence-corrected chi connectivity index (χ2v) is 5.39. The molecule has 1 aromatic carbocycles. The zero-order valence-electron chi connectivity index (χ0n) is 13.5. The van der Waals surface area contributed by atoms with Gasteiger partial charge in [0, 0.05) is 41.5 Å². The van der Waals surface area contributed by atoms with Crippen molar-refractivity contribution in [1.82, 2.24) is 25.4 Å². The molecule has 3 aromatic heterocycles. The van der Waals surface area contributed by atoms with Crippen LogP contribution < -0.4 is 10.1 Å². The monoisotopic (exact) mass is 346 g/mol. The molecule has 0 unspecified atom stereocenters. The molecule has 0 aliphatic carbocycles.